The number of anilines is 2. The van der Waals surface area contributed by atoms with Crippen molar-refractivity contribution >= 4 is 43.2 Å². The number of ether oxygens (including phenoxy) is 1. The lowest BCUT2D eigenvalue weighted by Gasteiger charge is -2.03. The second-order valence-electron chi connectivity index (χ2n) is 4.68. The smallest absolute Gasteiger partial charge is 0.211 e. The van der Waals surface area contributed by atoms with Gasteiger partial charge in [0, 0.05) is 11.8 Å². The molecule has 1 aromatic carbocycles. The summed E-state index contributed by atoms with van der Waals surface area (Å²) in [5.41, 5.74) is 4.72. The number of hydrogen-bond donors (Lipinski definition) is 1. The first-order valence-electron chi connectivity index (χ1n) is 6.75. The highest BCUT2D eigenvalue weighted by Crippen LogP contribution is 2.32. The van der Waals surface area contributed by atoms with Crippen LogP contribution >= 0.6 is 22.7 Å². The first kappa shape index (κ1) is 14.0. The molecule has 0 aliphatic rings. The summed E-state index contributed by atoms with van der Waals surface area (Å²) in [6, 6.07) is 8.11. The SMILES string of the molecule is COc1cncc(-c2ccc3nc(Nc4nncs4)sc3c2)c1. The zero-order chi connectivity index (χ0) is 15.6. The summed E-state index contributed by atoms with van der Waals surface area (Å²) in [5, 5.41) is 12.5. The zero-order valence-corrected chi connectivity index (χ0v) is 13.7. The van der Waals surface area contributed by atoms with Gasteiger partial charge in [-0.3, -0.25) is 4.98 Å². The third-order valence-electron chi connectivity index (χ3n) is 3.24. The molecule has 0 aliphatic heterocycles. The molecule has 1 N–H and O–H groups in total. The normalized spacial score (nSPS) is 10.8. The Kier molecular flexibility index (Phi) is 3.60. The second-order valence-corrected chi connectivity index (χ2v) is 6.55. The highest BCUT2D eigenvalue weighted by atomic mass is 32.1. The first-order valence-corrected chi connectivity index (χ1v) is 8.44. The predicted octanol–water partition coefficient (Wildman–Crippen LogP) is 3.96. The summed E-state index contributed by atoms with van der Waals surface area (Å²) in [5.74, 6) is 0.741. The Morgan fingerprint density at radius 3 is 2.87 bits per heavy atom. The van der Waals surface area contributed by atoms with Crippen LogP contribution < -0.4 is 10.1 Å². The molecular weight excluding hydrogens is 330 g/mol. The monoisotopic (exact) mass is 341 g/mol. The van der Waals surface area contributed by atoms with Gasteiger partial charge in [-0.05, 0) is 23.8 Å². The molecule has 0 atom stereocenters. The predicted molar refractivity (Wildman–Crippen MR) is 92.6 cm³/mol. The minimum absolute atomic E-state index is 0.737. The Morgan fingerprint density at radius 1 is 1.09 bits per heavy atom. The minimum atomic E-state index is 0.737. The van der Waals surface area contributed by atoms with Crippen LogP contribution in [0.2, 0.25) is 0 Å². The van der Waals surface area contributed by atoms with Crippen molar-refractivity contribution in [3.63, 3.8) is 0 Å². The summed E-state index contributed by atoms with van der Waals surface area (Å²) in [4.78, 5) is 8.77. The Hall–Kier alpha value is -2.58. The number of rotatable bonds is 4. The maximum Gasteiger partial charge on any atom is 0.211 e. The Balaban J connectivity index is 1.69. The van der Waals surface area contributed by atoms with Crippen molar-refractivity contribution < 1.29 is 4.74 Å². The molecule has 0 fully saturated rings. The summed E-state index contributed by atoms with van der Waals surface area (Å²) < 4.78 is 6.33. The number of nitrogens with one attached hydrogen (secondary N) is 1. The van der Waals surface area contributed by atoms with Crippen LogP contribution in [-0.2, 0) is 0 Å². The number of pyridine rings is 1. The van der Waals surface area contributed by atoms with Gasteiger partial charge in [0.1, 0.15) is 11.3 Å². The van der Waals surface area contributed by atoms with Crippen LogP contribution in [0.15, 0.2) is 42.2 Å². The van der Waals surface area contributed by atoms with Crippen LogP contribution in [-0.4, -0.2) is 27.3 Å². The average Bonchev–Trinajstić information content (AvgIpc) is 3.23. The molecular formula is C15H11N5OS2. The third-order valence-corrected chi connectivity index (χ3v) is 4.78. The van der Waals surface area contributed by atoms with Crippen molar-refractivity contribution in [2.75, 3.05) is 12.4 Å². The average molecular weight is 341 g/mol. The molecule has 0 amide bonds. The number of aromatic nitrogens is 4. The highest BCUT2D eigenvalue weighted by Gasteiger charge is 2.08. The molecule has 3 heterocycles. The fourth-order valence-electron chi connectivity index (χ4n) is 2.16. The van der Waals surface area contributed by atoms with E-state index in [2.05, 4.69) is 31.5 Å². The fraction of sp³-hybridized carbons (Fsp3) is 0.0667. The molecule has 0 radical (unpaired) electrons. The summed E-state index contributed by atoms with van der Waals surface area (Å²) in [6.07, 6.45) is 3.52. The lowest BCUT2D eigenvalue weighted by Crippen LogP contribution is -1.87. The van der Waals surface area contributed by atoms with Gasteiger partial charge in [-0.15, -0.1) is 10.2 Å². The molecule has 4 rings (SSSR count). The number of nitrogens with zero attached hydrogens (tertiary/aromatic N) is 4. The molecule has 8 heteroatoms. The number of benzene rings is 1. The van der Waals surface area contributed by atoms with E-state index in [0.29, 0.717) is 0 Å². The lowest BCUT2D eigenvalue weighted by atomic mass is 10.1. The van der Waals surface area contributed by atoms with Crippen LogP contribution in [0.4, 0.5) is 10.3 Å². The van der Waals surface area contributed by atoms with Crippen molar-refractivity contribution in [2.24, 2.45) is 0 Å². The fourth-order valence-corrected chi connectivity index (χ4v) is 3.58. The molecule has 0 spiro atoms. The maximum absolute atomic E-state index is 5.23. The van der Waals surface area contributed by atoms with E-state index in [0.717, 1.165) is 37.4 Å². The summed E-state index contributed by atoms with van der Waals surface area (Å²) in [6.45, 7) is 0. The van der Waals surface area contributed by atoms with Crippen molar-refractivity contribution in [2.45, 2.75) is 0 Å². The molecule has 6 nitrogen and oxygen atoms in total. The van der Waals surface area contributed by atoms with Crippen molar-refractivity contribution in [3.05, 3.63) is 42.2 Å². The van der Waals surface area contributed by atoms with E-state index in [9.17, 15) is 0 Å². The van der Waals surface area contributed by atoms with E-state index in [4.69, 9.17) is 4.74 Å². The van der Waals surface area contributed by atoms with Gasteiger partial charge in [0.2, 0.25) is 5.13 Å². The maximum atomic E-state index is 5.23. The van der Waals surface area contributed by atoms with Crippen molar-refractivity contribution in [3.8, 4) is 16.9 Å². The van der Waals surface area contributed by atoms with E-state index in [1.54, 1.807) is 30.2 Å². The number of fused-ring (bicyclic) bond motifs is 1. The van der Waals surface area contributed by atoms with Gasteiger partial charge in [-0.1, -0.05) is 28.7 Å². The van der Waals surface area contributed by atoms with Crippen LogP contribution in [0.5, 0.6) is 5.75 Å². The van der Waals surface area contributed by atoms with Crippen molar-refractivity contribution in [1.29, 1.82) is 0 Å². The number of methoxy groups -OCH3 is 1. The largest absolute Gasteiger partial charge is 0.495 e. The number of hydrogen-bond acceptors (Lipinski definition) is 8. The zero-order valence-electron chi connectivity index (χ0n) is 12.1. The standard InChI is InChI=1S/C15H11N5OS2/c1-21-11-4-10(6-16-7-11)9-2-3-12-13(5-9)23-14(18-12)19-15-20-17-8-22-15/h2-8H,1H3,(H,18,19,20). The van der Waals surface area contributed by atoms with Gasteiger partial charge in [0.05, 0.1) is 23.5 Å². The van der Waals surface area contributed by atoms with E-state index in [1.807, 2.05) is 24.4 Å². The Labute approximate surface area is 139 Å². The molecule has 4 aromatic rings. The van der Waals surface area contributed by atoms with E-state index < -0.39 is 0 Å². The van der Waals surface area contributed by atoms with Gasteiger partial charge in [-0.25, -0.2) is 4.98 Å². The van der Waals surface area contributed by atoms with Crippen LogP contribution in [0.25, 0.3) is 21.3 Å². The number of thiazole rings is 1. The molecule has 114 valence electrons. The van der Waals surface area contributed by atoms with E-state index in [-0.39, 0.29) is 0 Å². The van der Waals surface area contributed by atoms with E-state index in [1.165, 1.54) is 11.3 Å². The summed E-state index contributed by atoms with van der Waals surface area (Å²) in [7, 11) is 1.64. The highest BCUT2D eigenvalue weighted by molar-refractivity contribution is 7.22. The molecule has 0 saturated heterocycles. The minimum Gasteiger partial charge on any atom is -0.495 e. The van der Waals surface area contributed by atoms with Crippen LogP contribution in [0.3, 0.4) is 0 Å². The van der Waals surface area contributed by atoms with Gasteiger partial charge < -0.3 is 10.1 Å². The first-order chi connectivity index (χ1) is 11.3. The molecule has 0 saturated carbocycles. The third kappa shape index (κ3) is 2.86. The summed E-state index contributed by atoms with van der Waals surface area (Å²) >= 11 is 3.02. The quantitative estimate of drug-likeness (QED) is 0.606. The van der Waals surface area contributed by atoms with Crippen LogP contribution in [0.1, 0.15) is 0 Å². The van der Waals surface area contributed by atoms with Gasteiger partial charge in [0.15, 0.2) is 5.13 Å². The molecule has 0 unspecified atom stereocenters. The van der Waals surface area contributed by atoms with E-state index >= 15 is 0 Å². The topological polar surface area (TPSA) is 72.8 Å². The Morgan fingerprint density at radius 2 is 2.04 bits per heavy atom. The molecule has 0 aliphatic carbocycles. The molecule has 0 bridgehead atoms. The lowest BCUT2D eigenvalue weighted by molar-refractivity contribution is 0.413. The molecule has 23 heavy (non-hydrogen) atoms. The second kappa shape index (κ2) is 5.90. The van der Waals surface area contributed by atoms with Crippen molar-refractivity contribution in [1.82, 2.24) is 20.2 Å². The Bertz CT molecular complexity index is 952. The van der Waals surface area contributed by atoms with Crippen LogP contribution in [0, 0.1) is 0 Å². The van der Waals surface area contributed by atoms with Gasteiger partial charge in [0.25, 0.3) is 0 Å². The van der Waals surface area contributed by atoms with Gasteiger partial charge in [-0.2, -0.15) is 0 Å². The van der Waals surface area contributed by atoms with Gasteiger partial charge >= 0.3 is 0 Å². The molecule has 3 aromatic heterocycles.